The molecule has 44 valence electrons. The number of hydrogen-bond acceptors (Lipinski definition) is 1. The van der Waals surface area contributed by atoms with Gasteiger partial charge in [-0.2, -0.15) is 0 Å². The van der Waals surface area contributed by atoms with E-state index < -0.39 is 0 Å². The molecule has 2 nitrogen and oxygen atoms in total. The first-order valence-electron chi connectivity index (χ1n) is 2.43. The van der Waals surface area contributed by atoms with E-state index >= 15 is 0 Å². The molecule has 0 fully saturated rings. The Hall–Kier alpha value is -0.920. The van der Waals surface area contributed by atoms with Gasteiger partial charge in [0.2, 0.25) is 5.91 Å². The van der Waals surface area contributed by atoms with Crippen LogP contribution in [-0.2, 0) is 4.79 Å². The number of nitrogens with zero attached hydrogens (tertiary/aromatic N) is 1. The van der Waals surface area contributed by atoms with Crippen molar-refractivity contribution in [3.63, 3.8) is 0 Å². The van der Waals surface area contributed by atoms with Crippen LogP contribution in [0.3, 0.4) is 0 Å². The molecule has 0 bridgehead atoms. The van der Waals surface area contributed by atoms with Gasteiger partial charge in [-0.05, 0) is 13.0 Å². The van der Waals surface area contributed by atoms with Crippen LogP contribution in [0, 0.1) is 0 Å². The quantitative estimate of drug-likeness (QED) is 0.467. The number of allylic oxidation sites excluding steroid dienone is 2. The van der Waals surface area contributed by atoms with Gasteiger partial charge in [0.1, 0.15) is 0 Å². The smallest absolute Gasteiger partial charge is 0.242 e. The van der Waals surface area contributed by atoms with Gasteiger partial charge in [0, 0.05) is 13.1 Å². The SMILES string of the molecule is C/C=C\C=NC(C)=O. The largest absolute Gasteiger partial charge is 0.273 e. The second kappa shape index (κ2) is 4.24. The summed E-state index contributed by atoms with van der Waals surface area (Å²) >= 11 is 0. The highest BCUT2D eigenvalue weighted by Crippen LogP contribution is 1.69. The first-order valence-corrected chi connectivity index (χ1v) is 2.43. The second-order valence-electron chi connectivity index (χ2n) is 1.32. The van der Waals surface area contributed by atoms with Gasteiger partial charge < -0.3 is 0 Å². The Kier molecular flexibility index (Phi) is 3.76. The van der Waals surface area contributed by atoms with Crippen LogP contribution >= 0.6 is 0 Å². The van der Waals surface area contributed by atoms with E-state index in [-0.39, 0.29) is 5.91 Å². The fourth-order valence-electron chi connectivity index (χ4n) is 0.234. The number of amides is 1. The number of hydrogen-bond donors (Lipinski definition) is 0. The summed E-state index contributed by atoms with van der Waals surface area (Å²) in [6.07, 6.45) is 5.00. The Morgan fingerprint density at radius 3 is 2.62 bits per heavy atom. The van der Waals surface area contributed by atoms with E-state index in [1.807, 2.05) is 13.0 Å². The molecule has 8 heavy (non-hydrogen) atoms. The van der Waals surface area contributed by atoms with E-state index in [9.17, 15) is 4.79 Å². The summed E-state index contributed by atoms with van der Waals surface area (Å²) in [6.45, 7) is 3.28. The van der Waals surface area contributed by atoms with E-state index in [0.717, 1.165) is 0 Å². The van der Waals surface area contributed by atoms with Gasteiger partial charge in [-0.25, -0.2) is 4.99 Å². The zero-order valence-corrected chi connectivity index (χ0v) is 5.09. The maximum absolute atomic E-state index is 10.1. The van der Waals surface area contributed by atoms with Gasteiger partial charge in [-0.15, -0.1) is 0 Å². The molecule has 0 N–H and O–H groups in total. The molecule has 0 saturated heterocycles. The first-order chi connectivity index (χ1) is 3.77. The number of carbonyl (C=O) groups is 1. The zero-order chi connectivity index (χ0) is 6.41. The van der Waals surface area contributed by atoms with Crippen molar-refractivity contribution >= 4 is 12.1 Å². The Balaban J connectivity index is 3.50. The van der Waals surface area contributed by atoms with Crippen molar-refractivity contribution < 1.29 is 4.79 Å². The molecular weight excluding hydrogens is 102 g/mol. The van der Waals surface area contributed by atoms with Crippen LogP contribution in [0.15, 0.2) is 17.1 Å². The Labute approximate surface area is 48.9 Å². The minimum absolute atomic E-state index is 0.164. The molecule has 0 aliphatic rings. The van der Waals surface area contributed by atoms with E-state index in [1.54, 1.807) is 6.08 Å². The van der Waals surface area contributed by atoms with Gasteiger partial charge >= 0.3 is 0 Å². The molecule has 0 radical (unpaired) electrons. The summed E-state index contributed by atoms with van der Waals surface area (Å²) in [7, 11) is 0. The topological polar surface area (TPSA) is 29.4 Å². The van der Waals surface area contributed by atoms with E-state index in [4.69, 9.17) is 0 Å². The van der Waals surface area contributed by atoms with Gasteiger partial charge in [0.15, 0.2) is 0 Å². The lowest BCUT2D eigenvalue weighted by atomic mass is 10.5. The van der Waals surface area contributed by atoms with Crippen molar-refractivity contribution in [3.8, 4) is 0 Å². The van der Waals surface area contributed by atoms with Crippen molar-refractivity contribution in [1.29, 1.82) is 0 Å². The predicted octanol–water partition coefficient (Wildman–Crippen LogP) is 1.18. The highest BCUT2D eigenvalue weighted by atomic mass is 16.1. The van der Waals surface area contributed by atoms with Crippen molar-refractivity contribution in [1.82, 2.24) is 0 Å². The van der Waals surface area contributed by atoms with Gasteiger partial charge in [0.25, 0.3) is 0 Å². The first kappa shape index (κ1) is 7.08. The van der Waals surface area contributed by atoms with Crippen molar-refractivity contribution in [3.05, 3.63) is 12.2 Å². The normalized spacial score (nSPS) is 11.2. The van der Waals surface area contributed by atoms with E-state index in [1.165, 1.54) is 13.1 Å². The highest BCUT2D eigenvalue weighted by molar-refractivity contribution is 5.86. The zero-order valence-electron chi connectivity index (χ0n) is 5.09. The van der Waals surface area contributed by atoms with Crippen LogP contribution in [-0.4, -0.2) is 12.1 Å². The molecule has 0 saturated carbocycles. The van der Waals surface area contributed by atoms with Crippen LogP contribution in [0.1, 0.15) is 13.8 Å². The van der Waals surface area contributed by atoms with E-state index in [0.29, 0.717) is 0 Å². The van der Waals surface area contributed by atoms with Gasteiger partial charge in [-0.3, -0.25) is 4.79 Å². The summed E-state index contributed by atoms with van der Waals surface area (Å²) in [6, 6.07) is 0. The average molecular weight is 111 g/mol. The van der Waals surface area contributed by atoms with Crippen molar-refractivity contribution in [2.45, 2.75) is 13.8 Å². The maximum Gasteiger partial charge on any atom is 0.242 e. The molecule has 0 atom stereocenters. The molecule has 0 aliphatic carbocycles. The third-order valence-corrected chi connectivity index (χ3v) is 0.535. The fraction of sp³-hybridized carbons (Fsp3) is 0.333. The molecular formula is C6H9NO. The van der Waals surface area contributed by atoms with Gasteiger partial charge in [0.05, 0.1) is 0 Å². The second-order valence-corrected chi connectivity index (χ2v) is 1.32. The standard InChI is InChI=1S/C6H9NO/c1-3-4-5-7-6(2)8/h3-5H,1-2H3/b4-3-,7-5?. The van der Waals surface area contributed by atoms with Crippen LogP contribution in [0.25, 0.3) is 0 Å². The molecule has 0 aliphatic heterocycles. The Morgan fingerprint density at radius 2 is 2.25 bits per heavy atom. The average Bonchev–Trinajstić information content (AvgIpc) is 1.66. The third-order valence-electron chi connectivity index (χ3n) is 0.535. The van der Waals surface area contributed by atoms with Crippen molar-refractivity contribution in [2.24, 2.45) is 4.99 Å². The molecule has 0 aromatic heterocycles. The number of carbonyl (C=O) groups excluding carboxylic acids is 1. The molecule has 0 unspecified atom stereocenters. The lowest BCUT2D eigenvalue weighted by Crippen LogP contribution is -1.80. The van der Waals surface area contributed by atoms with E-state index in [2.05, 4.69) is 4.99 Å². The van der Waals surface area contributed by atoms with Crippen molar-refractivity contribution in [2.75, 3.05) is 0 Å². The Bertz CT molecular complexity index is 124. The molecule has 0 heterocycles. The van der Waals surface area contributed by atoms with Gasteiger partial charge in [-0.1, -0.05) is 6.08 Å². The molecule has 0 aromatic carbocycles. The summed E-state index contributed by atoms with van der Waals surface area (Å²) in [4.78, 5) is 13.6. The minimum atomic E-state index is -0.164. The minimum Gasteiger partial charge on any atom is -0.273 e. The molecule has 1 amide bonds. The lowest BCUT2D eigenvalue weighted by Gasteiger charge is -1.72. The monoisotopic (exact) mass is 111 g/mol. The fourth-order valence-corrected chi connectivity index (χ4v) is 0.234. The number of aliphatic imine (C=N–C) groups is 1. The van der Waals surface area contributed by atoms with Crippen LogP contribution in [0.5, 0.6) is 0 Å². The summed E-state index contributed by atoms with van der Waals surface area (Å²) < 4.78 is 0. The molecule has 2 heteroatoms. The summed E-state index contributed by atoms with van der Waals surface area (Å²) in [5, 5.41) is 0. The molecule has 0 aromatic rings. The highest BCUT2D eigenvalue weighted by Gasteiger charge is 1.75. The molecule has 0 spiro atoms. The maximum atomic E-state index is 10.1. The third kappa shape index (κ3) is 5.08. The van der Waals surface area contributed by atoms with Crippen LogP contribution in [0.4, 0.5) is 0 Å². The summed E-state index contributed by atoms with van der Waals surface area (Å²) in [5.74, 6) is -0.164. The predicted molar refractivity (Wildman–Crippen MR) is 34.0 cm³/mol. The van der Waals surface area contributed by atoms with Crippen LogP contribution < -0.4 is 0 Å². The Morgan fingerprint density at radius 1 is 1.62 bits per heavy atom. The summed E-state index contributed by atoms with van der Waals surface area (Å²) in [5.41, 5.74) is 0. The molecule has 0 rings (SSSR count). The van der Waals surface area contributed by atoms with Crippen LogP contribution in [0.2, 0.25) is 0 Å². The lowest BCUT2D eigenvalue weighted by molar-refractivity contribution is -0.115. The number of rotatable bonds is 1.